The van der Waals surface area contributed by atoms with Gasteiger partial charge in [0.15, 0.2) is 0 Å². The fraction of sp³-hybridized carbons (Fsp3) is 0.435. The lowest BCUT2D eigenvalue weighted by Gasteiger charge is -2.41. The van der Waals surface area contributed by atoms with Crippen LogP contribution in [0.25, 0.3) is 0 Å². The van der Waals surface area contributed by atoms with Crippen molar-refractivity contribution in [1.29, 1.82) is 0 Å². The predicted molar refractivity (Wildman–Crippen MR) is 109 cm³/mol. The second kappa shape index (κ2) is 9.16. The van der Waals surface area contributed by atoms with Crippen molar-refractivity contribution in [1.82, 2.24) is 10.2 Å². The first-order valence-corrected chi connectivity index (χ1v) is 9.89. The maximum Gasteiger partial charge on any atom is 0.335 e. The lowest BCUT2D eigenvalue weighted by Crippen LogP contribution is -2.44. The molecule has 4 nitrogen and oxygen atoms in total. The Bertz CT molecular complexity index is 720. The number of nitrogens with zero attached hydrogens (tertiary/aromatic N) is 1. The van der Waals surface area contributed by atoms with E-state index < -0.39 is 5.97 Å². The number of carboxylic acid groups (broad SMARTS) is 1. The van der Waals surface area contributed by atoms with Crippen LogP contribution in [0.4, 0.5) is 0 Å². The minimum absolute atomic E-state index is 0.342. The Balaban J connectivity index is 1.46. The molecule has 0 aromatic heterocycles. The van der Waals surface area contributed by atoms with Gasteiger partial charge in [-0.2, -0.15) is 0 Å². The van der Waals surface area contributed by atoms with E-state index >= 15 is 0 Å². The number of benzene rings is 2. The molecule has 0 amide bonds. The molecule has 1 aliphatic heterocycles. The van der Waals surface area contributed by atoms with Crippen LogP contribution in [-0.4, -0.2) is 35.6 Å². The van der Waals surface area contributed by atoms with E-state index in [9.17, 15) is 4.79 Å². The second-order valence-electron chi connectivity index (χ2n) is 7.72. The first kappa shape index (κ1) is 19.6. The highest BCUT2D eigenvalue weighted by molar-refractivity contribution is 5.87. The third-order valence-electron chi connectivity index (χ3n) is 5.95. The number of hydrogen-bond acceptors (Lipinski definition) is 3. The topological polar surface area (TPSA) is 52.6 Å². The summed E-state index contributed by atoms with van der Waals surface area (Å²) in [5, 5.41) is 12.6. The highest BCUT2D eigenvalue weighted by atomic mass is 16.4. The number of carboxylic acids is 1. The number of aromatic carboxylic acids is 1. The van der Waals surface area contributed by atoms with E-state index in [0.717, 1.165) is 38.3 Å². The van der Waals surface area contributed by atoms with Crippen molar-refractivity contribution in [2.45, 2.75) is 39.3 Å². The number of carbonyl (C=O) groups is 1. The van der Waals surface area contributed by atoms with Crippen LogP contribution >= 0.6 is 0 Å². The van der Waals surface area contributed by atoms with E-state index in [2.05, 4.69) is 47.5 Å². The van der Waals surface area contributed by atoms with Crippen molar-refractivity contribution in [3.63, 3.8) is 0 Å². The molecule has 0 unspecified atom stereocenters. The number of rotatable bonds is 8. The van der Waals surface area contributed by atoms with Crippen LogP contribution in [-0.2, 0) is 13.1 Å². The quantitative estimate of drug-likeness (QED) is 0.736. The predicted octanol–water partition coefficient (Wildman–Crippen LogP) is 4.17. The third-order valence-corrected chi connectivity index (χ3v) is 5.95. The molecule has 2 aromatic rings. The average molecular weight is 367 g/mol. The van der Waals surface area contributed by atoms with Crippen molar-refractivity contribution in [3.05, 3.63) is 71.3 Å². The summed E-state index contributed by atoms with van der Waals surface area (Å²) in [6.45, 7) is 7.45. The summed E-state index contributed by atoms with van der Waals surface area (Å²) in [5.74, 6) is -0.873. The molecule has 27 heavy (non-hydrogen) atoms. The molecule has 4 heteroatoms. The minimum Gasteiger partial charge on any atom is -0.478 e. The van der Waals surface area contributed by atoms with E-state index in [4.69, 9.17) is 5.11 Å². The lowest BCUT2D eigenvalue weighted by atomic mass is 9.76. The number of likely N-dealkylation sites (tertiary alicyclic amines) is 1. The van der Waals surface area contributed by atoms with Crippen LogP contribution < -0.4 is 5.32 Å². The van der Waals surface area contributed by atoms with Crippen molar-refractivity contribution < 1.29 is 9.90 Å². The highest BCUT2D eigenvalue weighted by Gasteiger charge is 2.32. The van der Waals surface area contributed by atoms with Crippen LogP contribution in [0.5, 0.6) is 0 Å². The molecule has 1 heterocycles. The summed E-state index contributed by atoms with van der Waals surface area (Å²) in [6.07, 6.45) is 3.64. The van der Waals surface area contributed by atoms with Crippen LogP contribution in [0, 0.1) is 5.41 Å². The molecular formula is C23H30N2O2. The van der Waals surface area contributed by atoms with Crippen LogP contribution in [0.2, 0.25) is 0 Å². The molecule has 0 spiro atoms. The van der Waals surface area contributed by atoms with Gasteiger partial charge in [0.2, 0.25) is 0 Å². The fourth-order valence-electron chi connectivity index (χ4n) is 3.92. The Hall–Kier alpha value is -2.17. The Morgan fingerprint density at radius 2 is 1.70 bits per heavy atom. The summed E-state index contributed by atoms with van der Waals surface area (Å²) in [5.41, 5.74) is 3.24. The maximum absolute atomic E-state index is 10.9. The van der Waals surface area contributed by atoms with Gasteiger partial charge in [0.05, 0.1) is 5.56 Å². The molecule has 0 aliphatic carbocycles. The molecular weight excluding hydrogens is 336 g/mol. The molecule has 2 aromatic carbocycles. The molecule has 0 atom stereocenters. The van der Waals surface area contributed by atoms with E-state index in [1.807, 2.05) is 12.1 Å². The molecule has 144 valence electrons. The lowest BCUT2D eigenvalue weighted by molar-refractivity contribution is 0.0697. The standard InChI is InChI=1S/C23H30N2O2/c1-2-23(18-24-16-19-8-10-21(11-9-19)22(26)27)12-14-25(15-13-23)17-20-6-4-3-5-7-20/h3-11,24H,2,12-18H2,1H3,(H,26,27). The average Bonchev–Trinajstić information content (AvgIpc) is 2.71. The molecule has 1 aliphatic rings. The van der Waals surface area contributed by atoms with Gasteiger partial charge in [-0.1, -0.05) is 49.4 Å². The third kappa shape index (κ3) is 5.41. The van der Waals surface area contributed by atoms with Gasteiger partial charge >= 0.3 is 5.97 Å². The van der Waals surface area contributed by atoms with Gasteiger partial charge in [0, 0.05) is 19.6 Å². The van der Waals surface area contributed by atoms with Crippen LogP contribution in [0.15, 0.2) is 54.6 Å². The largest absolute Gasteiger partial charge is 0.478 e. The minimum atomic E-state index is -0.873. The number of nitrogens with one attached hydrogen (secondary N) is 1. The molecule has 0 bridgehead atoms. The van der Waals surface area contributed by atoms with Crippen molar-refractivity contribution in [2.24, 2.45) is 5.41 Å². The van der Waals surface area contributed by atoms with Crippen molar-refractivity contribution in [3.8, 4) is 0 Å². The summed E-state index contributed by atoms with van der Waals surface area (Å²) >= 11 is 0. The van der Waals surface area contributed by atoms with Gasteiger partial charge in [0.1, 0.15) is 0 Å². The van der Waals surface area contributed by atoms with E-state index in [1.54, 1.807) is 12.1 Å². The molecule has 0 saturated carbocycles. The van der Waals surface area contributed by atoms with Crippen molar-refractivity contribution in [2.75, 3.05) is 19.6 Å². The summed E-state index contributed by atoms with van der Waals surface area (Å²) in [7, 11) is 0. The molecule has 0 radical (unpaired) electrons. The van der Waals surface area contributed by atoms with Gasteiger partial charge < -0.3 is 10.4 Å². The zero-order valence-corrected chi connectivity index (χ0v) is 16.2. The van der Waals surface area contributed by atoms with Gasteiger partial charge in [-0.15, -0.1) is 0 Å². The normalized spacial score (nSPS) is 16.9. The van der Waals surface area contributed by atoms with Crippen LogP contribution in [0.3, 0.4) is 0 Å². The molecule has 3 rings (SSSR count). The molecule has 1 saturated heterocycles. The number of piperidine rings is 1. The van der Waals surface area contributed by atoms with Gasteiger partial charge in [-0.05, 0) is 61.0 Å². The maximum atomic E-state index is 10.9. The zero-order chi connectivity index (χ0) is 19.1. The highest BCUT2D eigenvalue weighted by Crippen LogP contribution is 2.34. The Kier molecular flexibility index (Phi) is 6.64. The van der Waals surface area contributed by atoms with E-state index in [-0.39, 0.29) is 0 Å². The monoisotopic (exact) mass is 366 g/mol. The summed E-state index contributed by atoms with van der Waals surface area (Å²) in [4.78, 5) is 13.5. The SMILES string of the molecule is CCC1(CNCc2ccc(C(=O)O)cc2)CCN(Cc2ccccc2)CC1. The van der Waals surface area contributed by atoms with Crippen molar-refractivity contribution >= 4 is 5.97 Å². The number of hydrogen-bond donors (Lipinski definition) is 2. The first-order chi connectivity index (χ1) is 13.1. The smallest absolute Gasteiger partial charge is 0.335 e. The van der Waals surface area contributed by atoms with E-state index in [1.165, 1.54) is 24.8 Å². The van der Waals surface area contributed by atoms with Crippen LogP contribution in [0.1, 0.15) is 47.7 Å². The molecule has 2 N–H and O–H groups in total. The second-order valence-corrected chi connectivity index (χ2v) is 7.72. The van der Waals surface area contributed by atoms with Gasteiger partial charge in [-0.3, -0.25) is 4.90 Å². The first-order valence-electron chi connectivity index (χ1n) is 9.89. The Morgan fingerprint density at radius 1 is 1.04 bits per heavy atom. The van der Waals surface area contributed by atoms with Gasteiger partial charge in [-0.25, -0.2) is 4.79 Å². The Labute approximate surface area is 162 Å². The zero-order valence-electron chi connectivity index (χ0n) is 16.2. The molecule has 1 fully saturated rings. The summed E-state index contributed by atoms with van der Waals surface area (Å²) in [6, 6.07) is 17.9. The van der Waals surface area contributed by atoms with E-state index in [0.29, 0.717) is 11.0 Å². The summed E-state index contributed by atoms with van der Waals surface area (Å²) < 4.78 is 0. The Morgan fingerprint density at radius 3 is 2.30 bits per heavy atom. The fourth-order valence-corrected chi connectivity index (χ4v) is 3.92. The van der Waals surface area contributed by atoms with Gasteiger partial charge in [0.25, 0.3) is 0 Å².